The first-order valence-corrected chi connectivity index (χ1v) is 16.0. The maximum Gasteiger partial charge on any atom is 0.311 e. The highest BCUT2D eigenvalue weighted by molar-refractivity contribution is 7.89. The number of ether oxygens (including phenoxy) is 5. The van der Waals surface area contributed by atoms with Crippen LogP contribution in [0.15, 0.2) is 59.5 Å². The number of benzene rings is 2. The number of aliphatic hydroxyl groups excluding tert-OH is 1. The second-order valence-corrected chi connectivity index (χ2v) is 15.1. The lowest BCUT2D eigenvalue weighted by atomic mass is 9.93. The van der Waals surface area contributed by atoms with Crippen molar-refractivity contribution in [3.63, 3.8) is 0 Å². The predicted octanol–water partition coefficient (Wildman–Crippen LogP) is 3.73. The molecular weight excluding hydrogens is 590 g/mol. The molecule has 242 valence electrons. The van der Waals surface area contributed by atoms with Gasteiger partial charge in [-0.25, -0.2) is 8.42 Å². The number of hydrogen-bond donors (Lipinski definition) is 1. The maximum absolute atomic E-state index is 14.1. The molecule has 0 aliphatic carbocycles. The summed E-state index contributed by atoms with van der Waals surface area (Å²) in [5, 5.41) is 11.6. The van der Waals surface area contributed by atoms with Gasteiger partial charge >= 0.3 is 11.9 Å². The molecule has 1 N–H and O–H groups in total. The van der Waals surface area contributed by atoms with E-state index in [2.05, 4.69) is 0 Å². The molecule has 0 aromatic heterocycles. The van der Waals surface area contributed by atoms with E-state index in [1.165, 1.54) is 19.2 Å². The zero-order valence-corrected chi connectivity index (χ0v) is 27.2. The number of methoxy groups -OCH3 is 1. The van der Waals surface area contributed by atoms with E-state index in [9.17, 15) is 23.1 Å². The van der Waals surface area contributed by atoms with Crippen molar-refractivity contribution in [1.29, 1.82) is 0 Å². The third-order valence-corrected chi connectivity index (χ3v) is 9.36. The highest BCUT2D eigenvalue weighted by atomic mass is 32.2. The molecular formula is C32H43NO10S. The number of sulfonamides is 1. The summed E-state index contributed by atoms with van der Waals surface area (Å²) in [7, 11) is -2.89. The fourth-order valence-electron chi connectivity index (χ4n) is 4.88. The zero-order chi connectivity index (χ0) is 32.6. The Morgan fingerprint density at radius 2 is 1.43 bits per heavy atom. The van der Waals surface area contributed by atoms with Crippen LogP contribution >= 0.6 is 0 Å². The fraction of sp³-hybridized carbons (Fsp3) is 0.562. The van der Waals surface area contributed by atoms with Crippen molar-refractivity contribution in [3.05, 3.63) is 65.7 Å². The average molecular weight is 634 g/mol. The van der Waals surface area contributed by atoms with Crippen LogP contribution in [0.4, 0.5) is 0 Å². The minimum absolute atomic E-state index is 0.00204. The summed E-state index contributed by atoms with van der Waals surface area (Å²) in [6.45, 7) is 11.6. The maximum atomic E-state index is 14.1. The minimum Gasteiger partial charge on any atom is -0.455 e. The Hall–Kier alpha value is -2.87. The van der Waals surface area contributed by atoms with Crippen molar-refractivity contribution in [3.8, 4) is 0 Å². The number of esters is 2. The lowest BCUT2D eigenvalue weighted by Gasteiger charge is -2.51. The lowest BCUT2D eigenvalue weighted by molar-refractivity contribution is -0.335. The summed E-state index contributed by atoms with van der Waals surface area (Å²) in [4.78, 5) is 26.3. The van der Waals surface area contributed by atoms with Crippen LogP contribution in [0.5, 0.6) is 0 Å². The van der Waals surface area contributed by atoms with Crippen LogP contribution < -0.4 is 0 Å². The number of carbonyl (C=O) groups excluding carboxylic acids is 2. The number of rotatable bonds is 7. The Labute approximate surface area is 259 Å². The molecule has 12 heteroatoms. The highest BCUT2D eigenvalue weighted by Crippen LogP contribution is 2.40. The molecule has 0 spiro atoms. The number of nitrogens with zero attached hydrogens (tertiary/aromatic N) is 1. The Bertz CT molecular complexity index is 1420. The van der Waals surface area contributed by atoms with E-state index in [1.54, 1.807) is 84.0 Å². The Balaban J connectivity index is 1.81. The Morgan fingerprint density at radius 1 is 0.886 bits per heavy atom. The van der Waals surface area contributed by atoms with Crippen molar-refractivity contribution in [2.75, 3.05) is 13.7 Å². The number of aryl methyl sites for hydroxylation is 1. The molecule has 1 unspecified atom stereocenters. The van der Waals surface area contributed by atoms with Gasteiger partial charge in [-0.3, -0.25) is 9.59 Å². The summed E-state index contributed by atoms with van der Waals surface area (Å²) in [6, 6.07) is 14.8. The Morgan fingerprint density at radius 3 is 1.95 bits per heavy atom. The second-order valence-electron chi connectivity index (χ2n) is 13.3. The Kier molecular flexibility index (Phi) is 9.94. The topological polar surface area (TPSA) is 138 Å². The van der Waals surface area contributed by atoms with Crippen LogP contribution in [0.25, 0.3) is 0 Å². The lowest BCUT2D eigenvalue weighted by Crippen LogP contribution is -2.69. The first-order chi connectivity index (χ1) is 20.4. The third-order valence-electron chi connectivity index (χ3n) is 7.51. The van der Waals surface area contributed by atoms with Crippen molar-refractivity contribution < 1.29 is 46.8 Å². The molecule has 2 fully saturated rings. The first kappa shape index (κ1) is 34.0. The van der Waals surface area contributed by atoms with Gasteiger partial charge in [0.15, 0.2) is 24.7 Å². The van der Waals surface area contributed by atoms with E-state index in [1.807, 2.05) is 6.92 Å². The van der Waals surface area contributed by atoms with Gasteiger partial charge in [0.2, 0.25) is 10.0 Å². The number of hydrogen-bond acceptors (Lipinski definition) is 10. The minimum atomic E-state index is -4.24. The standard InChI is InChI=1S/C32H43NO10S/c1-19-14-16-21(17-15-19)44(37,38)33-18-22-24(41-27(33)23(34)20-12-10-9-11-13-20)25(42-29(35)31(2,3)4)26(28(39-8)40-22)43-30(36)32(5,6)7/h9-17,22-28,34H,18H2,1-8H3/t22-,23-,24-,25-,26-,27?,28+/m1/s1. The van der Waals surface area contributed by atoms with E-state index in [4.69, 9.17) is 23.7 Å². The van der Waals surface area contributed by atoms with E-state index in [0.29, 0.717) is 5.56 Å². The van der Waals surface area contributed by atoms with Crippen LogP contribution in [-0.2, 0) is 43.3 Å². The molecule has 0 amide bonds. The molecule has 2 aliphatic rings. The molecule has 2 saturated heterocycles. The normalized spacial score (nSPS) is 27.2. The summed E-state index contributed by atoms with van der Waals surface area (Å²) >= 11 is 0. The van der Waals surface area contributed by atoms with Gasteiger partial charge in [0, 0.05) is 13.7 Å². The molecule has 44 heavy (non-hydrogen) atoms. The van der Waals surface area contributed by atoms with Gasteiger partial charge in [0.25, 0.3) is 0 Å². The molecule has 11 nitrogen and oxygen atoms in total. The molecule has 0 saturated carbocycles. The fourth-order valence-corrected chi connectivity index (χ4v) is 6.41. The second kappa shape index (κ2) is 12.9. The molecule has 7 atom stereocenters. The third kappa shape index (κ3) is 7.16. The van der Waals surface area contributed by atoms with Crippen LogP contribution in [0.2, 0.25) is 0 Å². The van der Waals surface area contributed by atoms with E-state index < -0.39 is 75.8 Å². The predicted molar refractivity (Wildman–Crippen MR) is 159 cm³/mol. The van der Waals surface area contributed by atoms with Crippen molar-refractivity contribution >= 4 is 22.0 Å². The summed E-state index contributed by atoms with van der Waals surface area (Å²) in [5.74, 6) is -1.20. The van der Waals surface area contributed by atoms with Gasteiger partial charge in [-0.1, -0.05) is 48.0 Å². The van der Waals surface area contributed by atoms with E-state index in [-0.39, 0.29) is 11.4 Å². The summed E-state index contributed by atoms with van der Waals surface area (Å²) < 4.78 is 59.2. The molecule has 0 bridgehead atoms. The van der Waals surface area contributed by atoms with Crippen LogP contribution in [0, 0.1) is 17.8 Å². The SMILES string of the molecule is CO[C@H]1O[C@@H]2CN(S(=O)(=O)c3ccc(C)cc3)C([C@H](O)c3ccccc3)O[C@H]2[C@@H](OC(=O)C(C)(C)C)[C@H]1OC(=O)C(C)(C)C. The highest BCUT2D eigenvalue weighted by Gasteiger charge is 2.58. The number of aliphatic hydroxyl groups is 1. The van der Waals surface area contributed by atoms with Gasteiger partial charge < -0.3 is 28.8 Å². The van der Waals surface area contributed by atoms with Crippen LogP contribution in [-0.4, -0.2) is 80.4 Å². The molecule has 2 aromatic carbocycles. The van der Waals surface area contributed by atoms with Gasteiger partial charge in [-0.15, -0.1) is 0 Å². The van der Waals surface area contributed by atoms with E-state index in [0.717, 1.165) is 9.87 Å². The largest absolute Gasteiger partial charge is 0.455 e. The molecule has 4 rings (SSSR count). The molecule has 2 heterocycles. The summed E-state index contributed by atoms with van der Waals surface area (Å²) in [5.41, 5.74) is -0.567. The number of fused-ring (bicyclic) bond motifs is 1. The van der Waals surface area contributed by atoms with Gasteiger partial charge in [0.1, 0.15) is 18.3 Å². The zero-order valence-electron chi connectivity index (χ0n) is 26.4. The number of carbonyl (C=O) groups is 2. The quantitative estimate of drug-likeness (QED) is 0.449. The van der Waals surface area contributed by atoms with Crippen LogP contribution in [0.1, 0.15) is 58.8 Å². The van der Waals surface area contributed by atoms with Crippen LogP contribution in [0.3, 0.4) is 0 Å². The average Bonchev–Trinajstić information content (AvgIpc) is 2.96. The van der Waals surface area contributed by atoms with Gasteiger partial charge in [0.05, 0.1) is 15.7 Å². The summed E-state index contributed by atoms with van der Waals surface area (Å²) in [6.07, 6.45) is -8.79. The van der Waals surface area contributed by atoms with Gasteiger partial charge in [-0.05, 0) is 66.2 Å². The first-order valence-electron chi connectivity index (χ1n) is 14.5. The molecule has 2 aliphatic heterocycles. The monoisotopic (exact) mass is 633 g/mol. The molecule has 0 radical (unpaired) electrons. The molecule has 2 aromatic rings. The van der Waals surface area contributed by atoms with Crippen molar-refractivity contribution in [2.45, 2.75) is 96.4 Å². The van der Waals surface area contributed by atoms with Gasteiger partial charge in [-0.2, -0.15) is 4.31 Å². The van der Waals surface area contributed by atoms with Crippen molar-refractivity contribution in [2.24, 2.45) is 10.8 Å². The van der Waals surface area contributed by atoms with Crippen molar-refractivity contribution in [1.82, 2.24) is 4.31 Å². The van der Waals surface area contributed by atoms with E-state index >= 15 is 0 Å². The smallest absolute Gasteiger partial charge is 0.311 e.